The van der Waals surface area contributed by atoms with Crippen molar-refractivity contribution in [3.05, 3.63) is 35.4 Å². The zero-order chi connectivity index (χ0) is 15.0. The molecule has 1 aliphatic rings. The molecule has 2 nitrogen and oxygen atoms in total. The first-order valence-electron chi connectivity index (χ1n) is 7.62. The highest BCUT2D eigenvalue weighted by Crippen LogP contribution is 2.42. The molecule has 1 fully saturated rings. The van der Waals surface area contributed by atoms with Gasteiger partial charge in [-0.1, -0.05) is 45.0 Å². The summed E-state index contributed by atoms with van der Waals surface area (Å²) < 4.78 is 6.30. The van der Waals surface area contributed by atoms with Crippen LogP contribution in [-0.2, 0) is 11.0 Å². The molecule has 0 heterocycles. The van der Waals surface area contributed by atoms with Crippen molar-refractivity contribution in [3.8, 4) is 0 Å². The lowest BCUT2D eigenvalue weighted by Crippen LogP contribution is -2.40. The summed E-state index contributed by atoms with van der Waals surface area (Å²) in [4.78, 5) is 0. The van der Waals surface area contributed by atoms with E-state index >= 15 is 0 Å². The van der Waals surface area contributed by atoms with Gasteiger partial charge in [0.1, 0.15) is 0 Å². The monoisotopic (exact) mass is 292 g/mol. The van der Waals surface area contributed by atoms with Crippen molar-refractivity contribution < 1.29 is 9.53 Å². The van der Waals surface area contributed by atoms with Crippen molar-refractivity contribution in [2.75, 3.05) is 0 Å². The molecule has 0 bridgehead atoms. The molecular formula is C17H28O2Si. The minimum Gasteiger partial charge on any atom is -0.413 e. The largest absolute Gasteiger partial charge is 0.413 e. The second-order valence-corrected chi connectivity index (χ2v) is 12.3. The van der Waals surface area contributed by atoms with Crippen molar-refractivity contribution in [3.63, 3.8) is 0 Å². The van der Waals surface area contributed by atoms with Gasteiger partial charge in [-0.15, -0.1) is 0 Å². The number of aliphatic hydroxyl groups excluding tert-OH is 1. The topological polar surface area (TPSA) is 29.5 Å². The van der Waals surface area contributed by atoms with Gasteiger partial charge in [-0.05, 0) is 48.0 Å². The molecule has 112 valence electrons. The van der Waals surface area contributed by atoms with Crippen LogP contribution in [0.2, 0.25) is 18.1 Å². The summed E-state index contributed by atoms with van der Waals surface area (Å²) in [5.74, 6) is 0.462. The molecule has 3 heteroatoms. The Morgan fingerprint density at radius 3 is 2.40 bits per heavy atom. The van der Waals surface area contributed by atoms with Crippen LogP contribution in [0, 0.1) is 5.92 Å². The lowest BCUT2D eigenvalue weighted by molar-refractivity contribution is 0.150. The molecule has 0 unspecified atom stereocenters. The molecule has 0 radical (unpaired) electrons. The molecule has 0 spiro atoms. The minimum atomic E-state index is -1.74. The molecule has 20 heavy (non-hydrogen) atoms. The highest BCUT2D eigenvalue weighted by Gasteiger charge is 2.37. The van der Waals surface area contributed by atoms with Crippen LogP contribution in [0.4, 0.5) is 0 Å². The fourth-order valence-corrected chi connectivity index (χ4v) is 3.04. The highest BCUT2D eigenvalue weighted by atomic mass is 28.4. The van der Waals surface area contributed by atoms with E-state index in [-0.39, 0.29) is 11.1 Å². The SMILES string of the molecule is CC(C)(C)[Si](C)(C)OCc1ccccc1[C@H](O)C1CC1. The van der Waals surface area contributed by atoms with Crippen LogP contribution in [0.3, 0.4) is 0 Å². The Morgan fingerprint density at radius 1 is 1.25 bits per heavy atom. The molecule has 0 aromatic heterocycles. The lowest BCUT2D eigenvalue weighted by Gasteiger charge is -2.36. The molecule has 1 N–H and O–H groups in total. The number of hydrogen-bond acceptors (Lipinski definition) is 2. The summed E-state index contributed by atoms with van der Waals surface area (Å²) >= 11 is 0. The average molecular weight is 292 g/mol. The van der Waals surface area contributed by atoms with E-state index < -0.39 is 8.32 Å². The van der Waals surface area contributed by atoms with Crippen molar-refractivity contribution in [1.82, 2.24) is 0 Å². The summed E-state index contributed by atoms with van der Waals surface area (Å²) in [5, 5.41) is 10.6. The second kappa shape index (κ2) is 5.62. The number of aliphatic hydroxyl groups is 1. The van der Waals surface area contributed by atoms with Gasteiger partial charge in [-0.2, -0.15) is 0 Å². The standard InChI is InChI=1S/C17H28O2Si/c1-17(2,3)20(4,5)19-12-14-8-6-7-9-15(14)16(18)13-10-11-13/h6-9,13,16,18H,10-12H2,1-5H3/t16-/m1/s1. The van der Waals surface area contributed by atoms with Crippen LogP contribution in [0.15, 0.2) is 24.3 Å². The van der Waals surface area contributed by atoms with Gasteiger partial charge < -0.3 is 9.53 Å². The van der Waals surface area contributed by atoms with E-state index in [1.165, 1.54) is 0 Å². The molecule has 2 rings (SSSR count). The Hall–Kier alpha value is -0.643. The average Bonchev–Trinajstić information content (AvgIpc) is 3.19. The van der Waals surface area contributed by atoms with E-state index in [9.17, 15) is 5.11 Å². The fourth-order valence-electron chi connectivity index (χ4n) is 2.09. The summed E-state index contributed by atoms with van der Waals surface area (Å²) in [7, 11) is -1.74. The molecule has 1 aromatic rings. The quantitative estimate of drug-likeness (QED) is 0.800. The Morgan fingerprint density at radius 2 is 1.85 bits per heavy atom. The molecule has 0 amide bonds. The summed E-state index contributed by atoms with van der Waals surface area (Å²) in [6, 6.07) is 8.19. The Labute approximate surface area is 124 Å². The minimum absolute atomic E-state index is 0.219. The van der Waals surface area contributed by atoms with Gasteiger partial charge in [0.05, 0.1) is 12.7 Å². The molecule has 1 aromatic carbocycles. The second-order valence-electron chi connectivity index (χ2n) is 7.53. The first kappa shape index (κ1) is 15.7. The highest BCUT2D eigenvalue weighted by molar-refractivity contribution is 6.74. The van der Waals surface area contributed by atoms with Crippen LogP contribution < -0.4 is 0 Å². The molecule has 1 atom stereocenters. The third-order valence-electron chi connectivity index (χ3n) is 4.84. The Balaban J connectivity index is 2.10. The van der Waals surface area contributed by atoms with E-state index in [2.05, 4.69) is 39.9 Å². The van der Waals surface area contributed by atoms with Gasteiger partial charge in [0, 0.05) is 0 Å². The molecule has 0 saturated heterocycles. The number of hydrogen-bond donors (Lipinski definition) is 1. The van der Waals surface area contributed by atoms with Crippen LogP contribution in [0.5, 0.6) is 0 Å². The third-order valence-corrected chi connectivity index (χ3v) is 9.32. The van der Waals surface area contributed by atoms with Crippen LogP contribution in [0.1, 0.15) is 50.8 Å². The van der Waals surface area contributed by atoms with Gasteiger partial charge in [-0.25, -0.2) is 0 Å². The van der Waals surface area contributed by atoms with Gasteiger partial charge in [-0.3, -0.25) is 0 Å². The Bertz CT molecular complexity index is 458. The van der Waals surface area contributed by atoms with Crippen LogP contribution in [0.25, 0.3) is 0 Å². The van der Waals surface area contributed by atoms with Crippen molar-refractivity contribution >= 4 is 8.32 Å². The molecule has 1 aliphatic carbocycles. The zero-order valence-electron chi connectivity index (χ0n) is 13.4. The fraction of sp³-hybridized carbons (Fsp3) is 0.647. The van der Waals surface area contributed by atoms with Crippen molar-refractivity contribution in [1.29, 1.82) is 0 Å². The molecular weight excluding hydrogens is 264 g/mol. The normalized spacial score (nSPS) is 18.1. The lowest BCUT2D eigenvalue weighted by atomic mass is 10.00. The van der Waals surface area contributed by atoms with E-state index in [0.717, 1.165) is 24.0 Å². The number of rotatable bonds is 5. The van der Waals surface area contributed by atoms with Gasteiger partial charge in [0.25, 0.3) is 0 Å². The van der Waals surface area contributed by atoms with E-state index in [4.69, 9.17) is 4.43 Å². The number of benzene rings is 1. The molecule has 0 aliphatic heterocycles. The maximum absolute atomic E-state index is 10.4. The van der Waals surface area contributed by atoms with Crippen LogP contribution >= 0.6 is 0 Å². The first-order chi connectivity index (χ1) is 9.22. The predicted molar refractivity (Wildman–Crippen MR) is 86.1 cm³/mol. The smallest absolute Gasteiger partial charge is 0.192 e. The van der Waals surface area contributed by atoms with Crippen molar-refractivity contribution in [2.45, 2.75) is 64.5 Å². The van der Waals surface area contributed by atoms with Crippen molar-refractivity contribution in [2.24, 2.45) is 5.92 Å². The molecule has 1 saturated carbocycles. The maximum Gasteiger partial charge on any atom is 0.192 e. The Kier molecular flexibility index (Phi) is 4.43. The first-order valence-corrected chi connectivity index (χ1v) is 10.5. The summed E-state index contributed by atoms with van der Waals surface area (Å²) in [6.07, 6.45) is 1.99. The third kappa shape index (κ3) is 3.51. The predicted octanol–water partition coefficient (Wildman–Crippen LogP) is 4.65. The van der Waals surface area contributed by atoms with E-state index in [0.29, 0.717) is 12.5 Å². The van der Waals surface area contributed by atoms with Gasteiger partial charge in [0.2, 0.25) is 0 Å². The van der Waals surface area contributed by atoms with Crippen LogP contribution in [-0.4, -0.2) is 13.4 Å². The summed E-state index contributed by atoms with van der Waals surface area (Å²) in [5.41, 5.74) is 2.21. The maximum atomic E-state index is 10.4. The van der Waals surface area contributed by atoms with Gasteiger partial charge in [0.15, 0.2) is 8.32 Å². The van der Waals surface area contributed by atoms with Gasteiger partial charge >= 0.3 is 0 Å². The van der Waals surface area contributed by atoms with E-state index in [1.54, 1.807) is 0 Å². The summed E-state index contributed by atoms with van der Waals surface area (Å²) in [6.45, 7) is 11.9. The zero-order valence-corrected chi connectivity index (χ0v) is 14.4. The van der Waals surface area contributed by atoms with E-state index in [1.807, 2.05) is 18.2 Å².